The Kier molecular flexibility index (Phi) is 6.16. The number of rotatable bonds is 5. The molecule has 0 aromatic rings. The highest BCUT2D eigenvalue weighted by Crippen LogP contribution is 2.00. The summed E-state index contributed by atoms with van der Waals surface area (Å²) in [6.07, 6.45) is 0. The third-order valence-corrected chi connectivity index (χ3v) is 2.04. The summed E-state index contributed by atoms with van der Waals surface area (Å²) in [5.41, 5.74) is 0. The number of hydrogen-bond donors (Lipinski definition) is 1. The molecule has 1 unspecified atom stereocenters. The Morgan fingerprint density at radius 1 is 1.38 bits per heavy atom. The Hall–Kier alpha value is -1.57. The Morgan fingerprint density at radius 3 is 2.31 bits per heavy atom. The summed E-state index contributed by atoms with van der Waals surface area (Å²) in [6, 6.07) is 1.92. The molecule has 0 aromatic heterocycles. The van der Waals surface area contributed by atoms with Crippen LogP contribution in [0.3, 0.4) is 0 Å². The van der Waals surface area contributed by atoms with Gasteiger partial charge < -0.3 is 10.2 Å². The predicted octanol–water partition coefficient (Wildman–Crippen LogP) is 0.519. The van der Waals surface area contributed by atoms with Crippen LogP contribution < -0.4 is 5.32 Å². The normalized spacial score (nSPS) is 11.8. The van der Waals surface area contributed by atoms with Crippen molar-refractivity contribution in [2.45, 2.75) is 33.7 Å². The number of nitrogens with one attached hydrogen (secondary N) is 1. The second-order valence-electron chi connectivity index (χ2n) is 3.93. The zero-order valence-corrected chi connectivity index (χ0v) is 10.3. The van der Waals surface area contributed by atoms with Crippen LogP contribution in [0.4, 0.5) is 0 Å². The molecule has 0 aromatic carbocycles. The third-order valence-electron chi connectivity index (χ3n) is 2.04. The first kappa shape index (κ1) is 14.4. The molecular formula is C11H19N3O2. The smallest absolute Gasteiger partial charge is 0.240 e. The zero-order valence-electron chi connectivity index (χ0n) is 10.3. The van der Waals surface area contributed by atoms with Gasteiger partial charge in [-0.25, -0.2) is 0 Å². The molecule has 0 heterocycles. The minimum Gasteiger partial charge on any atom is -0.352 e. The standard InChI is InChI=1S/C11H19N3O2/c1-5-14(11(16)9(4)6-12)7-10(15)13-8(2)3/h8-9H,5,7H2,1-4H3,(H,13,15). The Bertz CT molecular complexity index is 294. The fourth-order valence-corrected chi connectivity index (χ4v) is 1.22. The number of nitriles is 1. The third kappa shape index (κ3) is 4.78. The molecule has 0 radical (unpaired) electrons. The molecule has 0 aliphatic heterocycles. The monoisotopic (exact) mass is 225 g/mol. The molecule has 5 nitrogen and oxygen atoms in total. The van der Waals surface area contributed by atoms with Crippen molar-refractivity contribution in [2.75, 3.05) is 13.1 Å². The maximum Gasteiger partial charge on any atom is 0.240 e. The van der Waals surface area contributed by atoms with Gasteiger partial charge in [0.2, 0.25) is 11.8 Å². The van der Waals surface area contributed by atoms with Crippen molar-refractivity contribution >= 4 is 11.8 Å². The van der Waals surface area contributed by atoms with Gasteiger partial charge in [-0.1, -0.05) is 0 Å². The lowest BCUT2D eigenvalue weighted by Gasteiger charge is -2.22. The fraction of sp³-hybridized carbons (Fsp3) is 0.727. The maximum absolute atomic E-state index is 11.6. The second-order valence-corrected chi connectivity index (χ2v) is 3.93. The molecule has 1 N–H and O–H groups in total. The van der Waals surface area contributed by atoms with Crippen LogP contribution in [0.25, 0.3) is 0 Å². The van der Waals surface area contributed by atoms with Gasteiger partial charge in [0.15, 0.2) is 0 Å². The van der Waals surface area contributed by atoms with Crippen LogP contribution >= 0.6 is 0 Å². The summed E-state index contributed by atoms with van der Waals surface area (Å²) in [5.74, 6) is -1.20. The summed E-state index contributed by atoms with van der Waals surface area (Å²) in [4.78, 5) is 24.5. The summed E-state index contributed by atoms with van der Waals surface area (Å²) < 4.78 is 0. The van der Waals surface area contributed by atoms with E-state index in [4.69, 9.17) is 5.26 Å². The van der Waals surface area contributed by atoms with E-state index in [2.05, 4.69) is 5.32 Å². The van der Waals surface area contributed by atoms with Gasteiger partial charge in [0.25, 0.3) is 0 Å². The van der Waals surface area contributed by atoms with Crippen LogP contribution in [0, 0.1) is 17.2 Å². The highest BCUT2D eigenvalue weighted by Gasteiger charge is 2.20. The largest absolute Gasteiger partial charge is 0.352 e. The Morgan fingerprint density at radius 2 is 1.94 bits per heavy atom. The molecule has 0 aliphatic rings. The molecule has 0 saturated heterocycles. The van der Waals surface area contributed by atoms with Crippen molar-refractivity contribution in [3.63, 3.8) is 0 Å². The molecule has 5 heteroatoms. The number of carbonyl (C=O) groups excluding carboxylic acids is 2. The summed E-state index contributed by atoms with van der Waals surface area (Å²) in [6.45, 7) is 7.47. The minimum atomic E-state index is -0.702. The van der Waals surface area contributed by atoms with Gasteiger partial charge in [-0.3, -0.25) is 9.59 Å². The maximum atomic E-state index is 11.6. The second kappa shape index (κ2) is 6.83. The molecule has 0 spiro atoms. The number of amides is 2. The van der Waals surface area contributed by atoms with E-state index in [1.807, 2.05) is 19.9 Å². The van der Waals surface area contributed by atoms with E-state index in [-0.39, 0.29) is 24.4 Å². The lowest BCUT2D eigenvalue weighted by Crippen LogP contribution is -2.44. The van der Waals surface area contributed by atoms with E-state index >= 15 is 0 Å². The molecule has 2 amide bonds. The average molecular weight is 225 g/mol. The van der Waals surface area contributed by atoms with Gasteiger partial charge >= 0.3 is 0 Å². The van der Waals surface area contributed by atoms with Gasteiger partial charge in [-0.15, -0.1) is 0 Å². The van der Waals surface area contributed by atoms with Gasteiger partial charge in [0, 0.05) is 12.6 Å². The molecule has 0 saturated carbocycles. The van der Waals surface area contributed by atoms with Gasteiger partial charge in [-0.05, 0) is 27.7 Å². The van der Waals surface area contributed by atoms with E-state index in [1.54, 1.807) is 6.92 Å². The van der Waals surface area contributed by atoms with Crippen LogP contribution in [0.1, 0.15) is 27.7 Å². The molecule has 90 valence electrons. The van der Waals surface area contributed by atoms with E-state index in [0.29, 0.717) is 6.54 Å². The molecular weight excluding hydrogens is 206 g/mol. The SMILES string of the molecule is CCN(CC(=O)NC(C)C)C(=O)C(C)C#N. The predicted molar refractivity (Wildman–Crippen MR) is 60.3 cm³/mol. The number of nitrogens with zero attached hydrogens (tertiary/aromatic N) is 2. The first-order valence-electron chi connectivity index (χ1n) is 5.40. The quantitative estimate of drug-likeness (QED) is 0.741. The number of likely N-dealkylation sites (N-methyl/N-ethyl adjacent to an activating group) is 1. The van der Waals surface area contributed by atoms with Crippen molar-refractivity contribution < 1.29 is 9.59 Å². The molecule has 0 bridgehead atoms. The first-order chi connectivity index (χ1) is 7.42. The molecule has 16 heavy (non-hydrogen) atoms. The molecule has 0 rings (SSSR count). The molecule has 0 fully saturated rings. The van der Waals surface area contributed by atoms with E-state index in [9.17, 15) is 9.59 Å². The highest BCUT2D eigenvalue weighted by atomic mass is 16.2. The van der Waals surface area contributed by atoms with Crippen LogP contribution in [0.15, 0.2) is 0 Å². The lowest BCUT2D eigenvalue weighted by atomic mass is 10.2. The zero-order chi connectivity index (χ0) is 12.7. The van der Waals surface area contributed by atoms with Gasteiger partial charge in [0.1, 0.15) is 5.92 Å². The van der Waals surface area contributed by atoms with Crippen molar-refractivity contribution in [1.29, 1.82) is 5.26 Å². The average Bonchev–Trinajstić information content (AvgIpc) is 2.22. The van der Waals surface area contributed by atoms with Crippen LogP contribution in [-0.4, -0.2) is 35.8 Å². The first-order valence-corrected chi connectivity index (χ1v) is 5.40. The summed E-state index contributed by atoms with van der Waals surface area (Å²) in [5, 5.41) is 11.3. The van der Waals surface area contributed by atoms with Crippen molar-refractivity contribution in [3.8, 4) is 6.07 Å². The Labute approximate surface area is 96.4 Å². The van der Waals surface area contributed by atoms with Gasteiger partial charge in [-0.2, -0.15) is 5.26 Å². The number of carbonyl (C=O) groups is 2. The Balaban J connectivity index is 4.36. The van der Waals surface area contributed by atoms with E-state index in [0.717, 1.165) is 0 Å². The van der Waals surface area contributed by atoms with Crippen LogP contribution in [0.5, 0.6) is 0 Å². The summed E-state index contributed by atoms with van der Waals surface area (Å²) in [7, 11) is 0. The van der Waals surface area contributed by atoms with Crippen molar-refractivity contribution in [3.05, 3.63) is 0 Å². The topological polar surface area (TPSA) is 73.2 Å². The van der Waals surface area contributed by atoms with Crippen LogP contribution in [-0.2, 0) is 9.59 Å². The van der Waals surface area contributed by atoms with E-state index in [1.165, 1.54) is 11.8 Å². The fourth-order valence-electron chi connectivity index (χ4n) is 1.22. The highest BCUT2D eigenvalue weighted by molar-refractivity contribution is 5.86. The van der Waals surface area contributed by atoms with Crippen LogP contribution in [0.2, 0.25) is 0 Å². The minimum absolute atomic E-state index is 0.0134. The molecule has 1 atom stereocenters. The lowest BCUT2D eigenvalue weighted by molar-refractivity contribution is -0.137. The van der Waals surface area contributed by atoms with Crippen molar-refractivity contribution in [2.24, 2.45) is 5.92 Å². The van der Waals surface area contributed by atoms with Gasteiger partial charge in [0.05, 0.1) is 12.6 Å². The number of hydrogen-bond acceptors (Lipinski definition) is 3. The summed E-state index contributed by atoms with van der Waals surface area (Å²) >= 11 is 0. The van der Waals surface area contributed by atoms with E-state index < -0.39 is 5.92 Å². The molecule has 0 aliphatic carbocycles. The van der Waals surface area contributed by atoms with Crippen molar-refractivity contribution in [1.82, 2.24) is 10.2 Å².